The quantitative estimate of drug-likeness (QED) is 0.296. The summed E-state index contributed by atoms with van der Waals surface area (Å²) in [6.45, 7) is 2.33. The molecule has 4 aromatic rings. The summed E-state index contributed by atoms with van der Waals surface area (Å²) in [7, 11) is 3.21. The van der Waals surface area contributed by atoms with Crippen LogP contribution < -0.4 is 19.5 Å². The highest BCUT2D eigenvalue weighted by Crippen LogP contribution is 2.35. The van der Waals surface area contributed by atoms with Crippen molar-refractivity contribution in [3.8, 4) is 28.5 Å². The van der Waals surface area contributed by atoms with Gasteiger partial charge in [0.2, 0.25) is 5.91 Å². The maximum Gasteiger partial charge on any atom is 0.250 e. The van der Waals surface area contributed by atoms with Gasteiger partial charge in [-0.25, -0.2) is 9.97 Å². The molecule has 0 radical (unpaired) electrons. The Morgan fingerprint density at radius 3 is 2.65 bits per heavy atom. The van der Waals surface area contributed by atoms with E-state index in [0.717, 1.165) is 21.8 Å². The van der Waals surface area contributed by atoms with Crippen LogP contribution in [0.3, 0.4) is 0 Å². The third-order valence-corrected chi connectivity index (χ3v) is 6.37. The molecule has 0 aliphatic heterocycles. The number of carbonyl (C=O) groups is 1. The van der Waals surface area contributed by atoms with E-state index in [4.69, 9.17) is 14.2 Å². The number of methoxy groups -OCH3 is 2. The summed E-state index contributed by atoms with van der Waals surface area (Å²) in [6.07, 6.45) is 3.18. The Kier molecular flexibility index (Phi) is 7.56. The largest absolute Gasteiger partial charge is 0.497 e. The maximum atomic E-state index is 12.5. The van der Waals surface area contributed by atoms with Crippen LogP contribution in [0.25, 0.3) is 17.3 Å². The Labute approximate surface area is 205 Å². The van der Waals surface area contributed by atoms with Gasteiger partial charge in [-0.2, -0.15) is 0 Å². The fourth-order valence-corrected chi connectivity index (χ4v) is 4.47. The molecule has 0 bridgehead atoms. The lowest BCUT2D eigenvalue weighted by molar-refractivity contribution is -0.111. The third-order valence-electron chi connectivity index (χ3n) is 4.79. The maximum absolute atomic E-state index is 12.5. The molecule has 9 heteroatoms. The number of aryl methyl sites for hydroxylation is 1. The number of hydrogen-bond donors (Lipinski definition) is 1. The van der Waals surface area contributed by atoms with E-state index in [-0.39, 0.29) is 5.91 Å². The number of carbonyl (C=O) groups excluding carboxylic acids is 1. The number of ether oxygens (including phenoxy) is 3. The first-order valence-electron chi connectivity index (χ1n) is 10.4. The van der Waals surface area contributed by atoms with Crippen LogP contribution in [0.4, 0.5) is 5.13 Å². The predicted octanol–water partition coefficient (Wildman–Crippen LogP) is 5.82. The zero-order chi connectivity index (χ0) is 23.9. The Balaban J connectivity index is 1.42. The Morgan fingerprint density at radius 2 is 1.88 bits per heavy atom. The predicted molar refractivity (Wildman–Crippen MR) is 136 cm³/mol. The van der Waals surface area contributed by atoms with Crippen molar-refractivity contribution in [3.63, 3.8) is 0 Å². The van der Waals surface area contributed by atoms with E-state index in [2.05, 4.69) is 15.3 Å². The molecule has 4 rings (SSSR count). The zero-order valence-corrected chi connectivity index (χ0v) is 20.5. The van der Waals surface area contributed by atoms with Crippen molar-refractivity contribution in [2.45, 2.75) is 13.5 Å². The van der Waals surface area contributed by atoms with E-state index in [9.17, 15) is 4.79 Å². The van der Waals surface area contributed by atoms with E-state index in [0.29, 0.717) is 34.7 Å². The van der Waals surface area contributed by atoms with Crippen molar-refractivity contribution in [1.82, 2.24) is 9.97 Å². The Bertz CT molecular complexity index is 1310. The summed E-state index contributed by atoms with van der Waals surface area (Å²) < 4.78 is 16.6. The molecule has 1 N–H and O–H groups in total. The molecule has 2 aromatic carbocycles. The molecule has 0 fully saturated rings. The van der Waals surface area contributed by atoms with Crippen LogP contribution in [0.1, 0.15) is 16.3 Å². The van der Waals surface area contributed by atoms with E-state index in [1.54, 1.807) is 31.6 Å². The number of hydrogen-bond acceptors (Lipinski definition) is 8. The van der Waals surface area contributed by atoms with Gasteiger partial charge < -0.3 is 14.2 Å². The topological polar surface area (TPSA) is 82.6 Å². The van der Waals surface area contributed by atoms with Gasteiger partial charge in [-0.05, 0) is 37.3 Å². The van der Waals surface area contributed by atoms with Gasteiger partial charge in [0.05, 0.1) is 30.6 Å². The molecule has 34 heavy (non-hydrogen) atoms. The molecular weight excluding hydrogens is 470 g/mol. The fourth-order valence-electron chi connectivity index (χ4n) is 3.16. The average Bonchev–Trinajstić information content (AvgIpc) is 3.50. The van der Waals surface area contributed by atoms with Crippen molar-refractivity contribution in [2.24, 2.45) is 0 Å². The lowest BCUT2D eigenvalue weighted by Crippen LogP contribution is -2.07. The molecule has 0 saturated heterocycles. The molecule has 7 nitrogen and oxygen atoms in total. The van der Waals surface area contributed by atoms with Gasteiger partial charge in [0, 0.05) is 28.0 Å². The summed E-state index contributed by atoms with van der Waals surface area (Å²) in [6, 6.07) is 13.0. The number of nitrogens with zero attached hydrogens (tertiary/aromatic N) is 2. The number of para-hydroxylation sites is 1. The second-order valence-electron chi connectivity index (χ2n) is 7.11. The van der Waals surface area contributed by atoms with Crippen molar-refractivity contribution in [3.05, 3.63) is 75.6 Å². The van der Waals surface area contributed by atoms with Gasteiger partial charge in [-0.15, -0.1) is 22.7 Å². The fraction of sp³-hybridized carbons (Fsp3) is 0.160. The minimum Gasteiger partial charge on any atom is -0.497 e. The van der Waals surface area contributed by atoms with Crippen molar-refractivity contribution in [1.29, 1.82) is 0 Å². The third kappa shape index (κ3) is 5.81. The number of anilines is 1. The molecule has 0 saturated carbocycles. The van der Waals surface area contributed by atoms with Gasteiger partial charge in [0.1, 0.15) is 23.9 Å². The second kappa shape index (κ2) is 11.0. The van der Waals surface area contributed by atoms with E-state index < -0.39 is 0 Å². The summed E-state index contributed by atoms with van der Waals surface area (Å²) in [5.74, 6) is 1.76. The van der Waals surface area contributed by atoms with Crippen LogP contribution >= 0.6 is 22.7 Å². The Morgan fingerprint density at radius 1 is 1.03 bits per heavy atom. The van der Waals surface area contributed by atoms with Crippen LogP contribution in [0, 0.1) is 6.92 Å². The van der Waals surface area contributed by atoms with Gasteiger partial charge in [0.25, 0.3) is 0 Å². The normalized spacial score (nSPS) is 10.9. The number of nitrogens with one attached hydrogen (secondary N) is 1. The average molecular weight is 494 g/mol. The lowest BCUT2D eigenvalue weighted by atomic mass is 10.1. The smallest absolute Gasteiger partial charge is 0.250 e. The van der Waals surface area contributed by atoms with Crippen molar-refractivity contribution < 1.29 is 19.0 Å². The number of benzene rings is 2. The molecular formula is C25H23N3O4S2. The molecule has 174 valence electrons. The molecule has 2 heterocycles. The second-order valence-corrected chi connectivity index (χ2v) is 9.03. The van der Waals surface area contributed by atoms with E-state index >= 15 is 0 Å². The highest BCUT2D eigenvalue weighted by Gasteiger charge is 2.12. The number of amides is 1. The van der Waals surface area contributed by atoms with Crippen LogP contribution in [0.2, 0.25) is 0 Å². The molecule has 0 spiro atoms. The van der Waals surface area contributed by atoms with Crippen LogP contribution in [-0.2, 0) is 11.4 Å². The standard InChI is InChI=1S/C25H23N3O4S2/c1-16-26-18(14-33-16)13-32-22-7-5-4-6-17(22)8-11-24(29)28-25-27-21(15-34-25)20-12-19(30-2)9-10-23(20)31-3/h4-12,14-15H,13H2,1-3H3,(H,27,28,29)/b11-8+. The van der Waals surface area contributed by atoms with Crippen LogP contribution in [-0.4, -0.2) is 30.1 Å². The van der Waals surface area contributed by atoms with Crippen LogP contribution in [0.15, 0.2) is 59.3 Å². The lowest BCUT2D eigenvalue weighted by Gasteiger charge is -2.08. The van der Waals surface area contributed by atoms with Gasteiger partial charge in [-0.3, -0.25) is 10.1 Å². The van der Waals surface area contributed by atoms with Crippen LogP contribution in [0.5, 0.6) is 17.2 Å². The first kappa shape index (κ1) is 23.5. The minimum absolute atomic E-state index is 0.288. The monoisotopic (exact) mass is 493 g/mol. The van der Waals surface area contributed by atoms with E-state index in [1.807, 2.05) is 60.1 Å². The van der Waals surface area contributed by atoms with Gasteiger partial charge >= 0.3 is 0 Å². The van der Waals surface area contributed by atoms with Crippen molar-refractivity contribution >= 4 is 39.8 Å². The molecule has 0 unspecified atom stereocenters. The molecule has 0 aliphatic rings. The highest BCUT2D eigenvalue weighted by molar-refractivity contribution is 7.14. The summed E-state index contributed by atoms with van der Waals surface area (Å²) in [5, 5.41) is 8.13. The summed E-state index contributed by atoms with van der Waals surface area (Å²) in [5.41, 5.74) is 3.16. The number of thiazole rings is 2. The molecule has 2 aromatic heterocycles. The van der Waals surface area contributed by atoms with Crippen molar-refractivity contribution in [2.75, 3.05) is 19.5 Å². The summed E-state index contributed by atoms with van der Waals surface area (Å²) in [4.78, 5) is 21.5. The number of aromatic nitrogens is 2. The molecule has 1 amide bonds. The molecule has 0 atom stereocenters. The minimum atomic E-state index is -0.288. The van der Waals surface area contributed by atoms with Gasteiger partial charge in [-0.1, -0.05) is 18.2 Å². The summed E-state index contributed by atoms with van der Waals surface area (Å²) >= 11 is 2.92. The SMILES string of the molecule is COc1ccc(OC)c(-c2csc(NC(=O)/C=C/c3ccccc3OCc3csc(C)n3)n2)c1. The Hall–Kier alpha value is -3.69. The number of rotatable bonds is 9. The molecule has 0 aliphatic carbocycles. The highest BCUT2D eigenvalue weighted by atomic mass is 32.1. The zero-order valence-electron chi connectivity index (χ0n) is 18.9. The first-order valence-corrected chi connectivity index (χ1v) is 12.1. The van der Waals surface area contributed by atoms with Gasteiger partial charge in [0.15, 0.2) is 5.13 Å². The van der Waals surface area contributed by atoms with E-state index in [1.165, 1.54) is 17.4 Å². The first-order chi connectivity index (χ1) is 16.6.